The highest BCUT2D eigenvalue weighted by Gasteiger charge is 2.34. The Balaban J connectivity index is 1.81. The minimum absolute atomic E-state index is 0.0402. The molecule has 2 saturated heterocycles. The van der Waals surface area contributed by atoms with Crippen molar-refractivity contribution in [3.63, 3.8) is 0 Å². The van der Waals surface area contributed by atoms with E-state index in [4.69, 9.17) is 4.74 Å². The van der Waals surface area contributed by atoms with Crippen molar-refractivity contribution in [2.45, 2.75) is 45.1 Å². The molecule has 7 heteroatoms. The van der Waals surface area contributed by atoms with Crippen LogP contribution < -0.4 is 0 Å². The fourth-order valence-corrected chi connectivity index (χ4v) is 4.67. The minimum atomic E-state index is -3.25. The van der Waals surface area contributed by atoms with Crippen LogP contribution in [0, 0.1) is 0 Å². The Kier molecular flexibility index (Phi) is 6.01. The van der Waals surface area contributed by atoms with E-state index in [2.05, 4.69) is 4.90 Å². The van der Waals surface area contributed by atoms with Crippen LogP contribution in [0.3, 0.4) is 0 Å². The van der Waals surface area contributed by atoms with Crippen molar-refractivity contribution < 1.29 is 17.9 Å². The van der Waals surface area contributed by atoms with Crippen molar-refractivity contribution in [1.82, 2.24) is 9.21 Å². The van der Waals surface area contributed by atoms with Crippen LogP contribution >= 0.6 is 0 Å². The SMILES string of the molecule is CCOC(=O)CCCS(=O)(=O)N1CCN2CCCCC2C1. The molecule has 2 aliphatic heterocycles. The van der Waals surface area contributed by atoms with Crippen molar-refractivity contribution in [3.05, 3.63) is 0 Å². The predicted molar refractivity (Wildman–Crippen MR) is 80.4 cm³/mol. The predicted octanol–water partition coefficient (Wildman–Crippen LogP) is 0.830. The summed E-state index contributed by atoms with van der Waals surface area (Å²) < 4.78 is 31.1. The molecule has 0 aromatic heterocycles. The maximum absolute atomic E-state index is 12.4. The Labute approximate surface area is 127 Å². The third kappa shape index (κ3) is 4.66. The monoisotopic (exact) mass is 318 g/mol. The summed E-state index contributed by atoms with van der Waals surface area (Å²) >= 11 is 0. The number of sulfonamides is 1. The third-order valence-corrected chi connectivity index (χ3v) is 6.20. The van der Waals surface area contributed by atoms with E-state index in [0.29, 0.717) is 32.2 Å². The molecule has 0 aromatic carbocycles. The van der Waals surface area contributed by atoms with E-state index in [0.717, 1.165) is 19.5 Å². The van der Waals surface area contributed by atoms with Crippen molar-refractivity contribution >= 4 is 16.0 Å². The van der Waals surface area contributed by atoms with E-state index in [1.165, 1.54) is 12.8 Å². The minimum Gasteiger partial charge on any atom is -0.466 e. The summed E-state index contributed by atoms with van der Waals surface area (Å²) in [4.78, 5) is 13.7. The van der Waals surface area contributed by atoms with Crippen LogP contribution in [0.15, 0.2) is 0 Å². The van der Waals surface area contributed by atoms with Crippen LogP contribution in [0.5, 0.6) is 0 Å². The summed E-state index contributed by atoms with van der Waals surface area (Å²) in [6, 6.07) is 0.382. The van der Waals surface area contributed by atoms with Gasteiger partial charge in [-0.25, -0.2) is 8.42 Å². The van der Waals surface area contributed by atoms with Gasteiger partial charge in [-0.3, -0.25) is 9.69 Å². The standard InChI is InChI=1S/C14H26N2O4S/c1-2-20-14(17)7-5-11-21(18,19)16-10-9-15-8-4-3-6-13(15)12-16/h13H,2-12H2,1H3. The molecule has 0 radical (unpaired) electrons. The van der Waals surface area contributed by atoms with Crippen molar-refractivity contribution in [1.29, 1.82) is 0 Å². The first-order chi connectivity index (χ1) is 10.0. The topological polar surface area (TPSA) is 66.9 Å². The molecule has 0 spiro atoms. The fraction of sp³-hybridized carbons (Fsp3) is 0.929. The summed E-state index contributed by atoms with van der Waals surface area (Å²) in [5.41, 5.74) is 0. The zero-order chi connectivity index (χ0) is 15.3. The first kappa shape index (κ1) is 16.7. The van der Waals surface area contributed by atoms with Gasteiger partial charge >= 0.3 is 5.97 Å². The van der Waals surface area contributed by atoms with Crippen molar-refractivity contribution in [2.24, 2.45) is 0 Å². The van der Waals surface area contributed by atoms with Gasteiger partial charge in [0, 0.05) is 32.1 Å². The number of piperidine rings is 1. The highest BCUT2D eigenvalue weighted by molar-refractivity contribution is 7.89. The van der Waals surface area contributed by atoms with E-state index >= 15 is 0 Å². The highest BCUT2D eigenvalue weighted by Crippen LogP contribution is 2.23. The number of nitrogens with zero attached hydrogens (tertiary/aromatic N) is 2. The van der Waals surface area contributed by atoms with E-state index in [1.54, 1.807) is 11.2 Å². The molecule has 0 amide bonds. The lowest BCUT2D eigenvalue weighted by molar-refractivity contribution is -0.143. The number of carbonyl (C=O) groups excluding carboxylic acids is 1. The van der Waals surface area contributed by atoms with E-state index in [1.807, 2.05) is 0 Å². The molecule has 2 fully saturated rings. The molecule has 1 unspecified atom stereocenters. The molecule has 0 bridgehead atoms. The summed E-state index contributed by atoms with van der Waals surface area (Å²) in [5.74, 6) is -0.275. The lowest BCUT2D eigenvalue weighted by Crippen LogP contribution is -2.56. The Morgan fingerprint density at radius 1 is 1.24 bits per heavy atom. The van der Waals surface area contributed by atoms with Gasteiger partial charge in [0.2, 0.25) is 10.0 Å². The number of esters is 1. The molecule has 2 aliphatic rings. The van der Waals surface area contributed by atoms with Crippen LogP contribution in [0.1, 0.15) is 39.0 Å². The Bertz CT molecular complexity index is 452. The number of carbonyl (C=O) groups is 1. The second-order valence-corrected chi connectivity index (χ2v) is 7.86. The van der Waals surface area contributed by atoms with Crippen LogP contribution in [0.25, 0.3) is 0 Å². The highest BCUT2D eigenvalue weighted by atomic mass is 32.2. The molecule has 0 aromatic rings. The molecule has 2 heterocycles. The Hall–Kier alpha value is -0.660. The van der Waals surface area contributed by atoms with E-state index < -0.39 is 10.0 Å². The molecule has 1 atom stereocenters. The van der Waals surface area contributed by atoms with Gasteiger partial charge in [0.05, 0.1) is 12.4 Å². The smallest absolute Gasteiger partial charge is 0.305 e. The van der Waals surface area contributed by atoms with E-state index in [9.17, 15) is 13.2 Å². The lowest BCUT2D eigenvalue weighted by Gasteiger charge is -2.43. The van der Waals surface area contributed by atoms with Crippen LogP contribution in [0.2, 0.25) is 0 Å². The van der Waals surface area contributed by atoms with Gasteiger partial charge in [0.15, 0.2) is 0 Å². The Morgan fingerprint density at radius 3 is 2.81 bits per heavy atom. The Morgan fingerprint density at radius 2 is 2.05 bits per heavy atom. The number of ether oxygens (including phenoxy) is 1. The molecule has 2 rings (SSSR count). The summed E-state index contributed by atoms with van der Waals surface area (Å²) in [5, 5.41) is 0. The van der Waals surface area contributed by atoms with Gasteiger partial charge < -0.3 is 4.74 Å². The first-order valence-corrected chi connectivity index (χ1v) is 9.51. The zero-order valence-corrected chi connectivity index (χ0v) is 13.6. The maximum Gasteiger partial charge on any atom is 0.305 e. The molecule has 0 saturated carbocycles. The van der Waals surface area contributed by atoms with E-state index in [-0.39, 0.29) is 18.1 Å². The lowest BCUT2D eigenvalue weighted by atomic mass is 10.0. The number of fused-ring (bicyclic) bond motifs is 1. The van der Waals surface area contributed by atoms with Gasteiger partial charge in [0.1, 0.15) is 0 Å². The molecule has 21 heavy (non-hydrogen) atoms. The molecule has 6 nitrogen and oxygen atoms in total. The van der Waals surface area contributed by atoms with Gasteiger partial charge in [-0.2, -0.15) is 4.31 Å². The van der Waals surface area contributed by atoms with Gasteiger partial charge in [-0.05, 0) is 32.7 Å². The average Bonchev–Trinajstić information content (AvgIpc) is 2.47. The number of hydrogen-bond donors (Lipinski definition) is 0. The van der Waals surface area contributed by atoms with Crippen LogP contribution in [0.4, 0.5) is 0 Å². The van der Waals surface area contributed by atoms with Gasteiger partial charge in [0.25, 0.3) is 0 Å². The normalized spacial score (nSPS) is 24.5. The third-order valence-electron chi connectivity index (χ3n) is 4.28. The number of rotatable bonds is 6. The second kappa shape index (κ2) is 7.56. The average molecular weight is 318 g/mol. The number of piperazine rings is 1. The molecular weight excluding hydrogens is 292 g/mol. The molecular formula is C14H26N2O4S. The van der Waals surface area contributed by atoms with Crippen LogP contribution in [-0.2, 0) is 19.6 Å². The maximum atomic E-state index is 12.4. The second-order valence-electron chi connectivity index (χ2n) is 5.77. The summed E-state index contributed by atoms with van der Waals surface area (Å²) in [7, 11) is -3.25. The van der Waals surface area contributed by atoms with Crippen LogP contribution in [-0.4, -0.2) is 68.2 Å². The quantitative estimate of drug-likeness (QED) is 0.679. The summed E-state index contributed by atoms with van der Waals surface area (Å²) in [6.07, 6.45) is 4.03. The number of hydrogen-bond acceptors (Lipinski definition) is 5. The molecule has 0 aliphatic carbocycles. The van der Waals surface area contributed by atoms with Gasteiger partial charge in [-0.15, -0.1) is 0 Å². The molecule has 0 N–H and O–H groups in total. The van der Waals surface area contributed by atoms with Crippen molar-refractivity contribution in [3.8, 4) is 0 Å². The summed E-state index contributed by atoms with van der Waals surface area (Å²) in [6.45, 7) is 5.22. The molecule has 122 valence electrons. The van der Waals surface area contributed by atoms with Gasteiger partial charge in [-0.1, -0.05) is 6.42 Å². The first-order valence-electron chi connectivity index (χ1n) is 7.90. The largest absolute Gasteiger partial charge is 0.466 e. The van der Waals surface area contributed by atoms with Crippen molar-refractivity contribution in [2.75, 3.05) is 38.5 Å². The fourth-order valence-electron chi connectivity index (χ4n) is 3.14. The zero-order valence-electron chi connectivity index (χ0n) is 12.8.